The number of allylic oxidation sites excluding steroid dienone is 1. The van der Waals surface area contributed by atoms with E-state index in [1.54, 1.807) is 12.2 Å². The number of alkyl halides is 1. The van der Waals surface area contributed by atoms with Crippen LogP contribution in [0.3, 0.4) is 0 Å². The summed E-state index contributed by atoms with van der Waals surface area (Å²) >= 11 is 0. The van der Waals surface area contributed by atoms with Crippen molar-refractivity contribution >= 4 is 12.2 Å². The maximum atomic E-state index is 14.5. The molecule has 1 saturated carbocycles. The van der Waals surface area contributed by atoms with Gasteiger partial charge in [-0.3, -0.25) is 0 Å². The molecule has 166 valence electrons. The molecule has 1 aromatic carbocycles. The lowest BCUT2D eigenvalue weighted by Crippen LogP contribution is -2.43. The highest BCUT2D eigenvalue weighted by Gasteiger charge is 2.35. The van der Waals surface area contributed by atoms with E-state index in [0.717, 1.165) is 17.9 Å². The minimum absolute atomic E-state index is 0.0360. The van der Waals surface area contributed by atoms with Crippen molar-refractivity contribution in [2.24, 2.45) is 11.8 Å². The number of hydrogen-bond donors (Lipinski definition) is 0. The van der Waals surface area contributed by atoms with E-state index < -0.39 is 12.0 Å². The Labute approximate surface area is 180 Å². The van der Waals surface area contributed by atoms with Gasteiger partial charge in [-0.05, 0) is 61.6 Å². The SMILES string of the molecule is CCCC1CCC(/C=C/c2ccc(/C=C/C3OCC(F)(CCC)CO3)cc2F)CC1. The van der Waals surface area contributed by atoms with Crippen molar-refractivity contribution in [2.75, 3.05) is 13.2 Å². The largest absolute Gasteiger partial charge is 0.346 e. The molecule has 0 radical (unpaired) electrons. The van der Waals surface area contributed by atoms with Gasteiger partial charge in [-0.2, -0.15) is 0 Å². The van der Waals surface area contributed by atoms with Gasteiger partial charge in [0, 0.05) is 5.56 Å². The Kier molecular flexibility index (Phi) is 8.64. The van der Waals surface area contributed by atoms with Gasteiger partial charge in [0.25, 0.3) is 0 Å². The highest BCUT2D eigenvalue weighted by atomic mass is 19.1. The Morgan fingerprint density at radius 1 is 1.00 bits per heavy atom. The third-order valence-corrected chi connectivity index (χ3v) is 6.32. The van der Waals surface area contributed by atoms with Crippen molar-refractivity contribution in [3.63, 3.8) is 0 Å². The van der Waals surface area contributed by atoms with Gasteiger partial charge in [-0.15, -0.1) is 0 Å². The summed E-state index contributed by atoms with van der Waals surface area (Å²) in [6.45, 7) is 4.27. The van der Waals surface area contributed by atoms with Crippen molar-refractivity contribution in [1.29, 1.82) is 0 Å². The van der Waals surface area contributed by atoms with Crippen LogP contribution in [-0.2, 0) is 9.47 Å². The molecule has 0 amide bonds. The molecule has 0 bridgehead atoms. The molecule has 1 saturated heterocycles. The zero-order chi connectivity index (χ0) is 21.4. The van der Waals surface area contributed by atoms with Crippen LogP contribution in [0.5, 0.6) is 0 Å². The van der Waals surface area contributed by atoms with E-state index in [-0.39, 0.29) is 19.0 Å². The number of ether oxygens (including phenoxy) is 2. The summed E-state index contributed by atoms with van der Waals surface area (Å²) < 4.78 is 39.8. The Morgan fingerprint density at radius 3 is 2.37 bits per heavy atom. The fourth-order valence-corrected chi connectivity index (χ4v) is 4.55. The van der Waals surface area contributed by atoms with Gasteiger partial charge >= 0.3 is 0 Å². The number of rotatable bonds is 8. The Hall–Kier alpha value is -1.52. The van der Waals surface area contributed by atoms with E-state index in [4.69, 9.17) is 9.47 Å². The summed E-state index contributed by atoms with van der Waals surface area (Å²) in [5.41, 5.74) is -0.0358. The summed E-state index contributed by atoms with van der Waals surface area (Å²) in [4.78, 5) is 0. The van der Waals surface area contributed by atoms with Crippen LogP contribution in [-0.4, -0.2) is 25.2 Å². The van der Waals surface area contributed by atoms with Crippen molar-refractivity contribution in [2.45, 2.75) is 77.2 Å². The molecule has 2 aliphatic rings. The number of halogens is 2. The second-order valence-electron chi connectivity index (χ2n) is 8.96. The molecule has 2 nitrogen and oxygen atoms in total. The van der Waals surface area contributed by atoms with Crippen LogP contribution in [0.15, 0.2) is 30.4 Å². The second kappa shape index (κ2) is 11.2. The van der Waals surface area contributed by atoms with E-state index in [2.05, 4.69) is 13.0 Å². The monoisotopic (exact) mass is 418 g/mol. The summed E-state index contributed by atoms with van der Waals surface area (Å²) in [6.07, 6.45) is 15.8. The van der Waals surface area contributed by atoms with E-state index >= 15 is 0 Å². The van der Waals surface area contributed by atoms with Crippen LogP contribution in [0.25, 0.3) is 12.2 Å². The zero-order valence-corrected chi connectivity index (χ0v) is 18.4. The van der Waals surface area contributed by atoms with Crippen LogP contribution in [0.4, 0.5) is 8.78 Å². The molecule has 0 N–H and O–H groups in total. The summed E-state index contributed by atoms with van der Waals surface area (Å²) in [5.74, 6) is 1.21. The minimum Gasteiger partial charge on any atom is -0.346 e. The standard InChI is InChI=1S/C26H36F2O2/c1-3-5-20-6-8-21(9-7-20)10-13-23-14-11-22(17-24(23)27)12-15-25-29-18-26(28,16-4-2)19-30-25/h10-15,17,20-21,25H,3-9,16,18-19H2,1-2H3/b13-10+,15-12+. The van der Waals surface area contributed by atoms with Crippen LogP contribution < -0.4 is 0 Å². The lowest BCUT2D eigenvalue weighted by Gasteiger charge is -2.32. The fraction of sp³-hybridized carbons (Fsp3) is 0.615. The van der Waals surface area contributed by atoms with Gasteiger partial charge in [0.15, 0.2) is 12.0 Å². The van der Waals surface area contributed by atoms with Gasteiger partial charge in [0.2, 0.25) is 0 Å². The molecule has 1 aliphatic heterocycles. The third kappa shape index (κ3) is 6.75. The predicted octanol–water partition coefficient (Wildman–Crippen LogP) is 7.34. The van der Waals surface area contributed by atoms with Crippen molar-refractivity contribution in [1.82, 2.24) is 0 Å². The number of hydrogen-bond acceptors (Lipinski definition) is 2. The smallest absolute Gasteiger partial charge is 0.177 e. The molecule has 1 aliphatic carbocycles. The molecule has 0 aromatic heterocycles. The normalized spacial score (nSPS) is 30.3. The Balaban J connectivity index is 1.50. The second-order valence-corrected chi connectivity index (χ2v) is 8.96. The van der Waals surface area contributed by atoms with E-state index in [0.29, 0.717) is 17.9 Å². The van der Waals surface area contributed by atoms with E-state index in [9.17, 15) is 8.78 Å². The Morgan fingerprint density at radius 2 is 1.73 bits per heavy atom. The minimum atomic E-state index is -1.39. The highest BCUT2D eigenvalue weighted by Crippen LogP contribution is 2.32. The van der Waals surface area contributed by atoms with Crippen LogP contribution >= 0.6 is 0 Å². The zero-order valence-electron chi connectivity index (χ0n) is 18.4. The van der Waals surface area contributed by atoms with Gasteiger partial charge in [0.1, 0.15) is 5.82 Å². The van der Waals surface area contributed by atoms with Crippen LogP contribution in [0, 0.1) is 17.7 Å². The summed E-state index contributed by atoms with van der Waals surface area (Å²) in [5, 5.41) is 0. The van der Waals surface area contributed by atoms with Crippen LogP contribution in [0.2, 0.25) is 0 Å². The van der Waals surface area contributed by atoms with E-state index in [1.165, 1.54) is 44.6 Å². The molecule has 2 fully saturated rings. The maximum absolute atomic E-state index is 14.5. The summed E-state index contributed by atoms with van der Waals surface area (Å²) in [7, 11) is 0. The Bertz CT molecular complexity index is 712. The molecule has 0 atom stereocenters. The topological polar surface area (TPSA) is 18.5 Å². The number of benzene rings is 1. The lowest BCUT2D eigenvalue weighted by atomic mass is 9.80. The molecule has 1 heterocycles. The molecule has 0 unspecified atom stereocenters. The molecule has 30 heavy (non-hydrogen) atoms. The molecule has 0 spiro atoms. The van der Waals surface area contributed by atoms with Crippen molar-refractivity contribution < 1.29 is 18.3 Å². The van der Waals surface area contributed by atoms with Gasteiger partial charge < -0.3 is 9.47 Å². The molecule has 1 aromatic rings. The first-order valence-corrected chi connectivity index (χ1v) is 11.6. The van der Waals surface area contributed by atoms with Gasteiger partial charge in [-0.1, -0.05) is 63.5 Å². The lowest BCUT2D eigenvalue weighted by molar-refractivity contribution is -0.212. The van der Waals surface area contributed by atoms with Crippen molar-refractivity contribution in [3.8, 4) is 0 Å². The van der Waals surface area contributed by atoms with Gasteiger partial charge in [-0.25, -0.2) is 8.78 Å². The van der Waals surface area contributed by atoms with Crippen LogP contribution in [0.1, 0.15) is 76.3 Å². The maximum Gasteiger partial charge on any atom is 0.177 e. The first kappa shape index (κ1) is 23.1. The average molecular weight is 419 g/mol. The van der Waals surface area contributed by atoms with Crippen molar-refractivity contribution in [3.05, 3.63) is 47.3 Å². The average Bonchev–Trinajstić information content (AvgIpc) is 2.74. The molecular formula is C26H36F2O2. The third-order valence-electron chi connectivity index (χ3n) is 6.32. The first-order chi connectivity index (χ1) is 14.5. The van der Waals surface area contributed by atoms with E-state index in [1.807, 2.05) is 25.1 Å². The first-order valence-electron chi connectivity index (χ1n) is 11.6. The summed E-state index contributed by atoms with van der Waals surface area (Å²) in [6, 6.07) is 5.22. The highest BCUT2D eigenvalue weighted by molar-refractivity contribution is 5.56. The van der Waals surface area contributed by atoms with Gasteiger partial charge in [0.05, 0.1) is 13.2 Å². The quantitative estimate of drug-likeness (QED) is 0.440. The molecular weight excluding hydrogens is 382 g/mol. The fourth-order valence-electron chi connectivity index (χ4n) is 4.55. The molecule has 4 heteroatoms. The predicted molar refractivity (Wildman–Crippen MR) is 119 cm³/mol. The molecule has 3 rings (SSSR count).